The molecule has 0 aliphatic rings. The molecule has 1 atom stereocenters. The molecule has 0 aromatic heterocycles. The first kappa shape index (κ1) is 14.5. The Kier molecular flexibility index (Phi) is 9.99. The summed E-state index contributed by atoms with van der Waals surface area (Å²) in [5.74, 6) is -1.92. The van der Waals surface area contributed by atoms with E-state index < -0.39 is 17.9 Å². The number of hydrogen-bond donors (Lipinski definition) is 2. The Morgan fingerprint density at radius 3 is 2.18 bits per heavy atom. The van der Waals surface area contributed by atoms with Gasteiger partial charge >= 0.3 is 68.9 Å². The number of amides is 1. The molecule has 0 bridgehead atoms. The summed E-state index contributed by atoms with van der Waals surface area (Å²) in [6.07, 6.45) is 0.0206. The molecule has 5 nitrogen and oxygen atoms in total. The van der Waals surface area contributed by atoms with Crippen LogP contribution in [0, 0.1) is 0 Å². The van der Waals surface area contributed by atoms with Gasteiger partial charge in [-0.25, -0.2) is 0 Å². The average molecular weight is 278 g/mol. The first-order valence-corrected chi connectivity index (χ1v) is 2.78. The Morgan fingerprint density at radius 2 is 1.91 bits per heavy atom. The van der Waals surface area contributed by atoms with Crippen molar-refractivity contribution in [2.24, 2.45) is 11.5 Å². The monoisotopic (exact) mass is 278 g/mol. The van der Waals surface area contributed by atoms with Crippen LogP contribution in [0.5, 0.6) is 0 Å². The van der Waals surface area contributed by atoms with Crippen molar-refractivity contribution in [3.8, 4) is 0 Å². The molecule has 58 valence electrons. The fraction of sp³-hybridized carbons (Fsp3) is 0.600. The largest absolute Gasteiger partial charge is 1.00 e. The molecule has 0 rings (SSSR count). The Labute approximate surface area is 123 Å². The van der Waals surface area contributed by atoms with E-state index in [2.05, 4.69) is 0 Å². The van der Waals surface area contributed by atoms with E-state index in [1.165, 1.54) is 0 Å². The molecular formula is C5H9CsN2O3. The van der Waals surface area contributed by atoms with Gasteiger partial charge in [-0.15, -0.1) is 0 Å². The van der Waals surface area contributed by atoms with Gasteiger partial charge in [0.15, 0.2) is 0 Å². The van der Waals surface area contributed by atoms with Crippen LogP contribution in [0.1, 0.15) is 12.8 Å². The van der Waals surface area contributed by atoms with E-state index in [0.29, 0.717) is 0 Å². The molecule has 11 heavy (non-hydrogen) atoms. The Balaban J connectivity index is 0. The zero-order chi connectivity index (χ0) is 8.15. The van der Waals surface area contributed by atoms with Crippen LogP contribution in [0.2, 0.25) is 0 Å². The molecule has 0 saturated heterocycles. The molecular weight excluding hydrogens is 269 g/mol. The maximum Gasteiger partial charge on any atom is 1.00 e. The molecule has 0 aromatic rings. The van der Waals surface area contributed by atoms with Crippen molar-refractivity contribution < 1.29 is 83.6 Å². The standard InChI is InChI=1S/C5H10N2O3.Cs/c6-3(5(9)10)1-2-4(7)8;/h3H,1-2,6H2,(H2,7,8)(H,9,10);/q;+1/p-1/t3-;/m0./s1. The number of carbonyl (C=O) groups is 2. The van der Waals surface area contributed by atoms with Crippen LogP contribution in [0.15, 0.2) is 0 Å². The van der Waals surface area contributed by atoms with E-state index in [4.69, 9.17) is 11.5 Å². The minimum Gasteiger partial charge on any atom is -0.548 e. The van der Waals surface area contributed by atoms with Gasteiger partial charge in [-0.05, 0) is 6.42 Å². The molecule has 0 unspecified atom stereocenters. The van der Waals surface area contributed by atoms with Gasteiger partial charge in [-0.1, -0.05) is 0 Å². The second-order valence-corrected chi connectivity index (χ2v) is 1.93. The fourth-order valence-electron chi connectivity index (χ4n) is 0.416. The molecule has 6 heteroatoms. The summed E-state index contributed by atoms with van der Waals surface area (Å²) in [4.78, 5) is 20.0. The van der Waals surface area contributed by atoms with E-state index in [0.717, 1.165) is 0 Å². The molecule has 0 heterocycles. The third kappa shape index (κ3) is 8.86. The average Bonchev–Trinajstić information content (AvgIpc) is 1.82. The van der Waals surface area contributed by atoms with Gasteiger partial charge in [0.25, 0.3) is 0 Å². The molecule has 0 aliphatic heterocycles. The molecule has 4 N–H and O–H groups in total. The molecule has 0 fully saturated rings. The zero-order valence-electron chi connectivity index (χ0n) is 6.37. The second kappa shape index (κ2) is 7.59. The van der Waals surface area contributed by atoms with E-state index in [9.17, 15) is 14.7 Å². The van der Waals surface area contributed by atoms with Crippen LogP contribution >= 0.6 is 0 Å². The Hall–Kier alpha value is 0.952. The van der Waals surface area contributed by atoms with Gasteiger partial charge in [-0.3, -0.25) is 4.79 Å². The number of carboxylic acid groups (broad SMARTS) is 1. The zero-order valence-corrected chi connectivity index (χ0v) is 12.7. The summed E-state index contributed by atoms with van der Waals surface area (Å²) in [5, 5.41) is 9.92. The number of aliphatic carboxylic acids is 1. The van der Waals surface area contributed by atoms with Crippen molar-refractivity contribution >= 4 is 11.9 Å². The second-order valence-electron chi connectivity index (χ2n) is 1.93. The van der Waals surface area contributed by atoms with E-state index in [1.54, 1.807) is 0 Å². The van der Waals surface area contributed by atoms with E-state index in [-0.39, 0.29) is 81.7 Å². The molecule has 0 aliphatic carbocycles. The summed E-state index contributed by atoms with van der Waals surface area (Å²) in [6, 6.07) is -1.09. The van der Waals surface area contributed by atoms with Crippen molar-refractivity contribution in [2.45, 2.75) is 18.9 Å². The van der Waals surface area contributed by atoms with Gasteiger partial charge in [-0.2, -0.15) is 0 Å². The maximum absolute atomic E-state index is 10.1. The Bertz CT molecular complexity index is 151. The first-order chi connectivity index (χ1) is 4.54. The summed E-state index contributed by atoms with van der Waals surface area (Å²) in [6.45, 7) is 0. The summed E-state index contributed by atoms with van der Waals surface area (Å²) >= 11 is 0. The molecule has 0 radical (unpaired) electrons. The van der Waals surface area contributed by atoms with Gasteiger partial charge in [0.1, 0.15) is 0 Å². The van der Waals surface area contributed by atoms with Crippen LogP contribution in [0.25, 0.3) is 0 Å². The maximum atomic E-state index is 10.1. The molecule has 1 amide bonds. The van der Waals surface area contributed by atoms with Crippen LogP contribution in [0.3, 0.4) is 0 Å². The third-order valence-corrected chi connectivity index (χ3v) is 1.00. The first-order valence-electron chi connectivity index (χ1n) is 2.78. The van der Waals surface area contributed by atoms with Crippen molar-refractivity contribution in [3.05, 3.63) is 0 Å². The predicted octanol–water partition coefficient (Wildman–Crippen LogP) is -5.67. The summed E-state index contributed by atoms with van der Waals surface area (Å²) in [5.41, 5.74) is 9.73. The predicted molar refractivity (Wildman–Crippen MR) is 31.4 cm³/mol. The number of carbonyl (C=O) groups excluding carboxylic acids is 2. The quantitative estimate of drug-likeness (QED) is 0.534. The fourth-order valence-corrected chi connectivity index (χ4v) is 0.416. The Morgan fingerprint density at radius 1 is 1.45 bits per heavy atom. The summed E-state index contributed by atoms with van der Waals surface area (Å²) < 4.78 is 0. The smallest absolute Gasteiger partial charge is 0.548 e. The van der Waals surface area contributed by atoms with Gasteiger partial charge in [0, 0.05) is 12.5 Å². The number of rotatable bonds is 4. The van der Waals surface area contributed by atoms with Gasteiger partial charge in [0.2, 0.25) is 5.91 Å². The van der Waals surface area contributed by atoms with E-state index in [1.807, 2.05) is 0 Å². The number of hydrogen-bond acceptors (Lipinski definition) is 4. The number of primary amides is 1. The van der Waals surface area contributed by atoms with Crippen LogP contribution in [-0.2, 0) is 9.59 Å². The minimum absolute atomic E-state index is 0. The van der Waals surface area contributed by atoms with Crippen molar-refractivity contribution in [2.75, 3.05) is 0 Å². The third-order valence-electron chi connectivity index (χ3n) is 1.00. The van der Waals surface area contributed by atoms with Crippen LogP contribution in [-0.4, -0.2) is 17.9 Å². The number of carboxylic acids is 1. The van der Waals surface area contributed by atoms with Crippen molar-refractivity contribution in [1.29, 1.82) is 0 Å². The van der Waals surface area contributed by atoms with Gasteiger partial charge in [0.05, 0.1) is 5.97 Å². The topological polar surface area (TPSA) is 109 Å². The van der Waals surface area contributed by atoms with Crippen LogP contribution in [0.4, 0.5) is 0 Å². The van der Waals surface area contributed by atoms with E-state index >= 15 is 0 Å². The molecule has 0 saturated carbocycles. The minimum atomic E-state index is -1.36. The van der Waals surface area contributed by atoms with Crippen molar-refractivity contribution in [1.82, 2.24) is 0 Å². The van der Waals surface area contributed by atoms with Gasteiger partial charge < -0.3 is 21.4 Å². The molecule has 0 aromatic carbocycles. The normalized spacial score (nSPS) is 11.4. The number of nitrogens with two attached hydrogens (primary N) is 2. The van der Waals surface area contributed by atoms with Crippen LogP contribution < -0.4 is 85.5 Å². The molecule has 0 spiro atoms. The SMILES string of the molecule is NC(=O)CC[C@H](N)C(=O)[O-].[Cs+]. The summed E-state index contributed by atoms with van der Waals surface area (Å²) in [7, 11) is 0. The van der Waals surface area contributed by atoms with Crippen molar-refractivity contribution in [3.63, 3.8) is 0 Å².